The third-order valence-corrected chi connectivity index (χ3v) is 11.2. The summed E-state index contributed by atoms with van der Waals surface area (Å²) in [5.41, 5.74) is 5.92. The van der Waals surface area contributed by atoms with Crippen LogP contribution in [0.2, 0.25) is 16.6 Å². The van der Waals surface area contributed by atoms with Crippen molar-refractivity contribution in [3.05, 3.63) is 34.9 Å². The maximum Gasteiger partial charge on any atom is 0.333 e. The van der Waals surface area contributed by atoms with Gasteiger partial charge in [-0.25, -0.2) is 0 Å². The molecule has 0 N–H and O–H groups in total. The van der Waals surface area contributed by atoms with E-state index in [0.29, 0.717) is 16.6 Å². The number of halogens is 2. The van der Waals surface area contributed by atoms with Gasteiger partial charge in [-0.2, -0.15) is 8.78 Å². The van der Waals surface area contributed by atoms with Crippen LogP contribution in [-0.2, 0) is 5.92 Å². The van der Waals surface area contributed by atoms with Crippen LogP contribution < -0.4 is 0 Å². The predicted octanol–water partition coefficient (Wildman–Crippen LogP) is 6.62. The molecule has 1 rings (SSSR count). The number of hydrogen-bond donors (Lipinski definition) is 0. The Morgan fingerprint density at radius 1 is 0.826 bits per heavy atom. The lowest BCUT2D eigenvalue weighted by Crippen LogP contribution is -2.43. The van der Waals surface area contributed by atoms with Gasteiger partial charge in [-0.15, -0.1) is 5.54 Å². The summed E-state index contributed by atoms with van der Waals surface area (Å²) in [5, 5.41) is 0. The first-order chi connectivity index (χ1) is 10.4. The first-order valence-corrected chi connectivity index (χ1v) is 10.7. The lowest BCUT2D eigenvalue weighted by atomic mass is 10.0. The first-order valence-electron chi connectivity index (χ1n) is 8.44. The van der Waals surface area contributed by atoms with Crippen LogP contribution in [0, 0.1) is 25.3 Å². The van der Waals surface area contributed by atoms with Crippen molar-refractivity contribution < 1.29 is 8.78 Å². The van der Waals surface area contributed by atoms with Crippen LogP contribution in [0.15, 0.2) is 18.2 Å². The van der Waals surface area contributed by atoms with E-state index in [1.165, 1.54) is 0 Å². The van der Waals surface area contributed by atoms with E-state index in [0.717, 1.165) is 11.1 Å². The van der Waals surface area contributed by atoms with Crippen molar-refractivity contribution in [3.8, 4) is 11.5 Å². The highest BCUT2D eigenvalue weighted by Gasteiger charge is 2.42. The molecule has 0 unspecified atom stereocenters. The summed E-state index contributed by atoms with van der Waals surface area (Å²) in [6.07, 6.45) is 0. The van der Waals surface area contributed by atoms with Crippen molar-refractivity contribution in [2.75, 3.05) is 0 Å². The fourth-order valence-electron chi connectivity index (χ4n) is 3.85. The van der Waals surface area contributed by atoms with Crippen LogP contribution in [0.1, 0.15) is 58.2 Å². The largest absolute Gasteiger partial charge is 0.333 e. The van der Waals surface area contributed by atoms with Crippen molar-refractivity contribution >= 4 is 8.07 Å². The molecule has 0 bridgehead atoms. The highest BCUT2D eigenvalue weighted by molar-refractivity contribution is 6.90. The molecular weight excluding hydrogens is 306 g/mol. The fourth-order valence-corrected chi connectivity index (χ4v) is 9.09. The van der Waals surface area contributed by atoms with Gasteiger partial charge in [-0.05, 0) is 48.5 Å². The van der Waals surface area contributed by atoms with Gasteiger partial charge in [0.15, 0.2) is 0 Å². The van der Waals surface area contributed by atoms with Gasteiger partial charge in [0.1, 0.15) is 8.07 Å². The molecule has 0 aliphatic rings. The van der Waals surface area contributed by atoms with E-state index in [9.17, 15) is 8.78 Å². The molecule has 0 aromatic heterocycles. The standard InChI is InChI=1S/C20H30F2Si/c1-14(2)23(15(3)4,16(5)6)10-9-20(21,22)19-12-17(7)11-18(8)13-19/h11-16H,1-8H3. The lowest BCUT2D eigenvalue weighted by molar-refractivity contribution is 0.0638. The molecule has 23 heavy (non-hydrogen) atoms. The fraction of sp³-hybridized carbons (Fsp3) is 0.600. The van der Waals surface area contributed by atoms with E-state index in [-0.39, 0.29) is 5.56 Å². The van der Waals surface area contributed by atoms with Gasteiger partial charge in [0.2, 0.25) is 0 Å². The Morgan fingerprint density at radius 2 is 1.22 bits per heavy atom. The normalized spacial score (nSPS) is 12.7. The Morgan fingerprint density at radius 3 is 1.57 bits per heavy atom. The number of benzene rings is 1. The molecule has 0 aliphatic carbocycles. The van der Waals surface area contributed by atoms with Crippen LogP contribution in [0.4, 0.5) is 8.78 Å². The maximum atomic E-state index is 14.7. The van der Waals surface area contributed by atoms with Crippen LogP contribution in [0.3, 0.4) is 0 Å². The maximum absolute atomic E-state index is 14.7. The second kappa shape index (κ2) is 7.17. The molecule has 0 fully saturated rings. The van der Waals surface area contributed by atoms with E-state index in [1.807, 2.05) is 19.9 Å². The zero-order valence-corrected chi connectivity index (χ0v) is 16.7. The molecule has 0 atom stereocenters. The van der Waals surface area contributed by atoms with Crippen molar-refractivity contribution in [2.24, 2.45) is 0 Å². The van der Waals surface area contributed by atoms with Crippen molar-refractivity contribution in [1.29, 1.82) is 0 Å². The zero-order valence-electron chi connectivity index (χ0n) is 15.7. The molecule has 0 spiro atoms. The summed E-state index contributed by atoms with van der Waals surface area (Å²) in [7, 11) is -2.14. The molecule has 1 aromatic rings. The van der Waals surface area contributed by atoms with Gasteiger partial charge in [0.25, 0.3) is 0 Å². The summed E-state index contributed by atoms with van der Waals surface area (Å²) < 4.78 is 29.4. The van der Waals surface area contributed by atoms with Crippen LogP contribution in [0.25, 0.3) is 0 Å². The number of alkyl halides is 2. The Labute approximate surface area is 141 Å². The zero-order chi connectivity index (χ0) is 18.0. The molecule has 0 heterocycles. The minimum Gasteiger partial charge on any atom is -0.186 e. The predicted molar refractivity (Wildman–Crippen MR) is 98.6 cm³/mol. The van der Waals surface area contributed by atoms with Crippen LogP contribution >= 0.6 is 0 Å². The highest BCUT2D eigenvalue weighted by Crippen LogP contribution is 2.41. The topological polar surface area (TPSA) is 0 Å². The minimum absolute atomic E-state index is 0.0154. The van der Waals surface area contributed by atoms with Gasteiger partial charge in [-0.1, -0.05) is 58.7 Å². The average molecular weight is 337 g/mol. The summed E-state index contributed by atoms with van der Waals surface area (Å²) in [6, 6.07) is 5.00. The minimum atomic E-state index is -3.09. The van der Waals surface area contributed by atoms with Gasteiger partial charge >= 0.3 is 5.92 Å². The molecule has 1 aromatic carbocycles. The third kappa shape index (κ3) is 4.23. The van der Waals surface area contributed by atoms with E-state index in [2.05, 4.69) is 53.0 Å². The molecular formula is C20H30F2Si. The second-order valence-electron chi connectivity index (χ2n) is 7.60. The molecule has 0 amide bonds. The van der Waals surface area contributed by atoms with Gasteiger partial charge in [-0.3, -0.25) is 0 Å². The molecule has 0 aliphatic heterocycles. The molecule has 0 saturated carbocycles. The summed E-state index contributed by atoms with van der Waals surface area (Å²) in [6.45, 7) is 16.5. The van der Waals surface area contributed by atoms with E-state index < -0.39 is 14.0 Å². The van der Waals surface area contributed by atoms with E-state index in [4.69, 9.17) is 0 Å². The summed E-state index contributed by atoms with van der Waals surface area (Å²) >= 11 is 0. The Kier molecular flexibility index (Phi) is 6.21. The summed E-state index contributed by atoms with van der Waals surface area (Å²) in [5.74, 6) is -0.697. The Balaban J connectivity index is 3.39. The Bertz CT molecular complexity index is 562. The summed E-state index contributed by atoms with van der Waals surface area (Å²) in [4.78, 5) is 0. The van der Waals surface area contributed by atoms with Crippen LogP contribution in [0.5, 0.6) is 0 Å². The molecule has 0 saturated heterocycles. The molecule has 0 radical (unpaired) electrons. The van der Waals surface area contributed by atoms with Crippen LogP contribution in [-0.4, -0.2) is 8.07 Å². The van der Waals surface area contributed by atoms with Gasteiger partial charge in [0.05, 0.1) is 0 Å². The van der Waals surface area contributed by atoms with Gasteiger partial charge in [0, 0.05) is 5.56 Å². The molecule has 128 valence electrons. The highest BCUT2D eigenvalue weighted by atomic mass is 28.3. The SMILES string of the molecule is Cc1cc(C)cc(C(F)(F)C#C[Si](C(C)C)(C(C)C)C(C)C)c1. The smallest absolute Gasteiger partial charge is 0.186 e. The van der Waals surface area contributed by atoms with E-state index >= 15 is 0 Å². The van der Waals surface area contributed by atoms with Crippen molar-refractivity contribution in [3.63, 3.8) is 0 Å². The molecule has 0 nitrogen and oxygen atoms in total. The third-order valence-electron chi connectivity index (χ3n) is 4.89. The average Bonchev–Trinajstić information content (AvgIpc) is 2.36. The van der Waals surface area contributed by atoms with Crippen molar-refractivity contribution in [1.82, 2.24) is 0 Å². The number of aryl methyl sites for hydroxylation is 2. The van der Waals surface area contributed by atoms with E-state index in [1.54, 1.807) is 12.1 Å². The lowest BCUT2D eigenvalue weighted by Gasteiger charge is -2.38. The number of rotatable bonds is 4. The second-order valence-corrected chi connectivity index (χ2v) is 13.2. The monoisotopic (exact) mass is 336 g/mol. The quantitative estimate of drug-likeness (QED) is 0.428. The number of hydrogen-bond acceptors (Lipinski definition) is 0. The van der Waals surface area contributed by atoms with Crippen molar-refractivity contribution in [2.45, 2.75) is 77.9 Å². The van der Waals surface area contributed by atoms with Gasteiger partial charge < -0.3 is 0 Å². The first kappa shape index (κ1) is 19.9. The molecule has 3 heteroatoms. The Hall–Kier alpha value is -1.14.